The van der Waals surface area contributed by atoms with Gasteiger partial charge in [0.15, 0.2) is 5.11 Å². The second-order valence-corrected chi connectivity index (χ2v) is 4.12. The SMILES string of the molecule is S=C(NCC1CCCO1)Nc1cccnc1. The van der Waals surface area contributed by atoms with Crippen LogP contribution < -0.4 is 10.6 Å². The van der Waals surface area contributed by atoms with Gasteiger partial charge >= 0.3 is 0 Å². The van der Waals surface area contributed by atoms with Gasteiger partial charge in [-0.25, -0.2) is 0 Å². The molecule has 0 radical (unpaired) electrons. The summed E-state index contributed by atoms with van der Waals surface area (Å²) in [5.41, 5.74) is 0.896. The van der Waals surface area contributed by atoms with Crippen LogP contribution in [0.25, 0.3) is 0 Å². The third kappa shape index (κ3) is 3.43. The van der Waals surface area contributed by atoms with Gasteiger partial charge in [-0.2, -0.15) is 0 Å². The highest BCUT2D eigenvalue weighted by Crippen LogP contribution is 2.10. The highest BCUT2D eigenvalue weighted by atomic mass is 32.1. The summed E-state index contributed by atoms with van der Waals surface area (Å²) in [7, 11) is 0. The number of aromatic nitrogens is 1. The summed E-state index contributed by atoms with van der Waals surface area (Å²) in [5.74, 6) is 0. The molecule has 0 saturated carbocycles. The van der Waals surface area contributed by atoms with Crippen LogP contribution in [0.15, 0.2) is 24.5 Å². The van der Waals surface area contributed by atoms with E-state index < -0.39 is 0 Å². The molecule has 1 saturated heterocycles. The lowest BCUT2D eigenvalue weighted by Crippen LogP contribution is -2.34. The van der Waals surface area contributed by atoms with Crippen molar-refractivity contribution in [1.82, 2.24) is 10.3 Å². The molecule has 0 bridgehead atoms. The Morgan fingerprint density at radius 3 is 3.25 bits per heavy atom. The van der Waals surface area contributed by atoms with Crippen molar-refractivity contribution < 1.29 is 4.74 Å². The van der Waals surface area contributed by atoms with E-state index in [2.05, 4.69) is 15.6 Å². The highest BCUT2D eigenvalue weighted by Gasteiger charge is 2.15. The van der Waals surface area contributed by atoms with Crippen molar-refractivity contribution in [3.8, 4) is 0 Å². The Morgan fingerprint density at radius 2 is 2.56 bits per heavy atom. The third-order valence-corrected chi connectivity index (χ3v) is 2.68. The first-order valence-electron chi connectivity index (χ1n) is 5.41. The topological polar surface area (TPSA) is 46.2 Å². The van der Waals surface area contributed by atoms with Crippen LogP contribution in [-0.4, -0.2) is 29.4 Å². The van der Waals surface area contributed by atoms with Gasteiger partial charge in [-0.15, -0.1) is 0 Å². The van der Waals surface area contributed by atoms with Gasteiger partial charge in [0, 0.05) is 19.3 Å². The zero-order chi connectivity index (χ0) is 11.2. The Hall–Kier alpha value is -1.20. The van der Waals surface area contributed by atoms with E-state index in [4.69, 9.17) is 17.0 Å². The number of thiocarbonyl (C=S) groups is 1. The van der Waals surface area contributed by atoms with Gasteiger partial charge in [0.25, 0.3) is 0 Å². The maximum Gasteiger partial charge on any atom is 0.170 e. The van der Waals surface area contributed by atoms with E-state index in [1.165, 1.54) is 0 Å². The molecule has 16 heavy (non-hydrogen) atoms. The minimum absolute atomic E-state index is 0.300. The van der Waals surface area contributed by atoms with Crippen molar-refractivity contribution in [2.45, 2.75) is 18.9 Å². The predicted octanol–water partition coefficient (Wildman–Crippen LogP) is 1.55. The number of nitrogens with one attached hydrogen (secondary N) is 2. The molecule has 1 aromatic rings. The van der Waals surface area contributed by atoms with Crippen molar-refractivity contribution >= 4 is 23.0 Å². The summed E-state index contributed by atoms with van der Waals surface area (Å²) in [6.07, 6.45) is 6.03. The van der Waals surface area contributed by atoms with Gasteiger partial charge in [-0.05, 0) is 37.2 Å². The second kappa shape index (κ2) is 5.77. The van der Waals surface area contributed by atoms with E-state index in [-0.39, 0.29) is 0 Å². The summed E-state index contributed by atoms with van der Waals surface area (Å²) >= 11 is 5.17. The molecule has 1 aliphatic rings. The standard InChI is InChI=1S/C11H15N3OS/c16-11(13-8-10-4-2-6-15-10)14-9-3-1-5-12-7-9/h1,3,5,7,10H,2,4,6,8H2,(H2,13,14,16). The molecule has 0 spiro atoms. The molecule has 1 aliphatic heterocycles. The molecule has 5 heteroatoms. The average molecular weight is 237 g/mol. The van der Waals surface area contributed by atoms with Crippen molar-refractivity contribution in [2.75, 3.05) is 18.5 Å². The van der Waals surface area contributed by atoms with Crippen molar-refractivity contribution in [3.05, 3.63) is 24.5 Å². The van der Waals surface area contributed by atoms with Gasteiger partial charge in [0.2, 0.25) is 0 Å². The molecule has 0 amide bonds. The molecule has 2 N–H and O–H groups in total. The van der Waals surface area contributed by atoms with Crippen LogP contribution in [0.1, 0.15) is 12.8 Å². The van der Waals surface area contributed by atoms with E-state index in [0.717, 1.165) is 31.7 Å². The van der Waals surface area contributed by atoms with Crippen molar-refractivity contribution in [1.29, 1.82) is 0 Å². The zero-order valence-corrected chi connectivity index (χ0v) is 9.80. The van der Waals surface area contributed by atoms with E-state index in [1.807, 2.05) is 12.1 Å². The van der Waals surface area contributed by atoms with Crippen molar-refractivity contribution in [2.24, 2.45) is 0 Å². The smallest absolute Gasteiger partial charge is 0.170 e. The van der Waals surface area contributed by atoms with Crippen LogP contribution in [0.2, 0.25) is 0 Å². The van der Waals surface area contributed by atoms with Crippen LogP contribution in [0.3, 0.4) is 0 Å². The van der Waals surface area contributed by atoms with Gasteiger partial charge < -0.3 is 15.4 Å². The number of ether oxygens (including phenoxy) is 1. The van der Waals surface area contributed by atoms with E-state index >= 15 is 0 Å². The van der Waals surface area contributed by atoms with Gasteiger partial charge in [-0.3, -0.25) is 4.98 Å². The summed E-state index contributed by atoms with van der Waals surface area (Å²) in [6.45, 7) is 1.64. The molecular formula is C11H15N3OS. The first-order valence-corrected chi connectivity index (χ1v) is 5.82. The number of hydrogen-bond donors (Lipinski definition) is 2. The molecule has 0 aliphatic carbocycles. The largest absolute Gasteiger partial charge is 0.376 e. The Bertz CT molecular complexity index is 338. The Morgan fingerprint density at radius 1 is 1.62 bits per heavy atom. The molecular weight excluding hydrogens is 222 g/mol. The zero-order valence-electron chi connectivity index (χ0n) is 8.98. The minimum Gasteiger partial charge on any atom is -0.376 e. The van der Waals surface area contributed by atoms with Crippen LogP contribution >= 0.6 is 12.2 Å². The fraction of sp³-hybridized carbons (Fsp3) is 0.455. The normalized spacial score (nSPS) is 19.4. The molecule has 2 rings (SSSR count). The molecule has 1 fully saturated rings. The molecule has 4 nitrogen and oxygen atoms in total. The number of hydrogen-bond acceptors (Lipinski definition) is 3. The predicted molar refractivity (Wildman–Crippen MR) is 67.4 cm³/mol. The monoisotopic (exact) mass is 237 g/mol. The number of anilines is 1. The number of pyridine rings is 1. The van der Waals surface area contributed by atoms with Gasteiger partial charge in [0.1, 0.15) is 0 Å². The Balaban J connectivity index is 1.72. The first kappa shape index (κ1) is 11.3. The second-order valence-electron chi connectivity index (χ2n) is 3.71. The number of nitrogens with zero attached hydrogens (tertiary/aromatic N) is 1. The fourth-order valence-electron chi connectivity index (χ4n) is 1.62. The molecule has 86 valence electrons. The fourth-order valence-corrected chi connectivity index (χ4v) is 1.83. The van der Waals surface area contributed by atoms with Gasteiger partial charge in [-0.1, -0.05) is 0 Å². The highest BCUT2D eigenvalue weighted by molar-refractivity contribution is 7.80. The van der Waals surface area contributed by atoms with Crippen LogP contribution in [0.4, 0.5) is 5.69 Å². The molecule has 2 heterocycles. The van der Waals surface area contributed by atoms with E-state index in [9.17, 15) is 0 Å². The van der Waals surface area contributed by atoms with Crippen LogP contribution in [-0.2, 0) is 4.74 Å². The molecule has 1 unspecified atom stereocenters. The lowest BCUT2D eigenvalue weighted by molar-refractivity contribution is 0.114. The molecule has 1 atom stereocenters. The van der Waals surface area contributed by atoms with E-state index in [0.29, 0.717) is 11.2 Å². The number of rotatable bonds is 3. The summed E-state index contributed by atoms with van der Waals surface area (Å²) < 4.78 is 5.49. The maximum absolute atomic E-state index is 5.49. The Labute approximate surface area is 100 Å². The quantitative estimate of drug-likeness (QED) is 0.781. The summed E-state index contributed by atoms with van der Waals surface area (Å²) in [4.78, 5) is 4.00. The van der Waals surface area contributed by atoms with Crippen LogP contribution in [0, 0.1) is 0 Å². The van der Waals surface area contributed by atoms with Crippen LogP contribution in [0.5, 0.6) is 0 Å². The average Bonchev–Trinajstić information content (AvgIpc) is 2.81. The first-order chi connectivity index (χ1) is 7.84. The minimum atomic E-state index is 0.300. The van der Waals surface area contributed by atoms with Gasteiger partial charge in [0.05, 0.1) is 18.0 Å². The third-order valence-electron chi connectivity index (χ3n) is 2.43. The molecule has 1 aromatic heterocycles. The molecule has 0 aromatic carbocycles. The lowest BCUT2D eigenvalue weighted by Gasteiger charge is -2.13. The van der Waals surface area contributed by atoms with E-state index in [1.54, 1.807) is 12.4 Å². The maximum atomic E-state index is 5.49. The summed E-state index contributed by atoms with van der Waals surface area (Å²) in [5, 5.41) is 6.82. The lowest BCUT2D eigenvalue weighted by atomic mass is 10.2. The van der Waals surface area contributed by atoms with Crippen molar-refractivity contribution in [3.63, 3.8) is 0 Å². The Kier molecular flexibility index (Phi) is 4.07. The summed E-state index contributed by atoms with van der Waals surface area (Å²) in [6, 6.07) is 3.79.